The number of fused-ring (bicyclic) bond motifs is 1. The van der Waals surface area contributed by atoms with Gasteiger partial charge < -0.3 is 16.4 Å². The van der Waals surface area contributed by atoms with E-state index < -0.39 is 23.6 Å². The molecule has 2 aromatic rings. The molecule has 0 bridgehead atoms. The van der Waals surface area contributed by atoms with Crippen LogP contribution in [0.3, 0.4) is 0 Å². The van der Waals surface area contributed by atoms with Crippen molar-refractivity contribution in [1.29, 1.82) is 0 Å². The van der Waals surface area contributed by atoms with Gasteiger partial charge in [0.15, 0.2) is 5.13 Å². The number of amides is 2. The number of benzene rings is 1. The monoisotopic (exact) mass is 408 g/mol. The Balaban J connectivity index is 1.59. The van der Waals surface area contributed by atoms with Crippen LogP contribution in [0.2, 0.25) is 0 Å². The van der Waals surface area contributed by atoms with Crippen molar-refractivity contribution in [3.05, 3.63) is 46.0 Å². The molecule has 0 spiro atoms. The third kappa shape index (κ3) is 5.11. The van der Waals surface area contributed by atoms with Crippen LogP contribution in [-0.2, 0) is 28.9 Å². The van der Waals surface area contributed by atoms with Crippen molar-refractivity contribution >= 4 is 28.3 Å². The van der Waals surface area contributed by atoms with Crippen molar-refractivity contribution in [2.24, 2.45) is 5.73 Å². The Labute approximate surface area is 165 Å². The quantitative estimate of drug-likeness (QED) is 0.683. The lowest BCUT2D eigenvalue weighted by Gasteiger charge is -2.16. The van der Waals surface area contributed by atoms with Gasteiger partial charge in [-0.25, -0.2) is 13.8 Å². The molecule has 2 atom stereocenters. The second-order valence-corrected chi connectivity index (χ2v) is 7.95. The van der Waals surface area contributed by atoms with Gasteiger partial charge in [0.25, 0.3) is 0 Å². The van der Waals surface area contributed by atoms with Crippen molar-refractivity contribution in [3.63, 3.8) is 0 Å². The van der Waals surface area contributed by atoms with Crippen LogP contribution in [0.4, 0.5) is 13.9 Å². The number of nitrogens with two attached hydrogens (primary N) is 1. The molecule has 3 rings (SSSR count). The summed E-state index contributed by atoms with van der Waals surface area (Å²) in [6, 6.07) is 2.27. The Hall–Kier alpha value is -2.39. The smallest absolute Gasteiger partial charge is 0.248 e. The Bertz CT molecular complexity index is 867. The maximum absolute atomic E-state index is 13.2. The summed E-state index contributed by atoms with van der Waals surface area (Å²) < 4.78 is 26.5. The van der Waals surface area contributed by atoms with Crippen LogP contribution in [0, 0.1) is 11.6 Å². The number of halogens is 2. The molecule has 28 heavy (non-hydrogen) atoms. The molecule has 0 saturated heterocycles. The minimum absolute atomic E-state index is 0.117. The summed E-state index contributed by atoms with van der Waals surface area (Å²) in [5, 5.41) is 5.84. The van der Waals surface area contributed by atoms with E-state index in [4.69, 9.17) is 5.73 Å². The number of aromatic nitrogens is 1. The third-order valence-electron chi connectivity index (χ3n) is 4.55. The lowest BCUT2D eigenvalue weighted by molar-refractivity contribution is -0.126. The number of carbonyl (C=O) groups excluding carboxylic acids is 2. The molecule has 1 aromatic heterocycles. The van der Waals surface area contributed by atoms with Crippen LogP contribution in [0.25, 0.3) is 0 Å². The van der Waals surface area contributed by atoms with Crippen LogP contribution in [0.5, 0.6) is 0 Å². The zero-order chi connectivity index (χ0) is 20.3. The fourth-order valence-electron chi connectivity index (χ4n) is 3.14. The summed E-state index contributed by atoms with van der Waals surface area (Å²) in [7, 11) is 0. The molecule has 1 aromatic carbocycles. The van der Waals surface area contributed by atoms with E-state index in [0.29, 0.717) is 11.6 Å². The highest BCUT2D eigenvalue weighted by Gasteiger charge is 2.23. The van der Waals surface area contributed by atoms with Crippen LogP contribution in [0.15, 0.2) is 18.2 Å². The highest BCUT2D eigenvalue weighted by molar-refractivity contribution is 7.15. The molecule has 0 fully saturated rings. The van der Waals surface area contributed by atoms with Gasteiger partial charge in [-0.1, -0.05) is 6.92 Å². The number of carbonyl (C=O) groups is 2. The molecule has 1 heterocycles. The predicted molar refractivity (Wildman–Crippen MR) is 103 cm³/mol. The molecule has 4 N–H and O–H groups in total. The summed E-state index contributed by atoms with van der Waals surface area (Å²) in [4.78, 5) is 30.2. The summed E-state index contributed by atoms with van der Waals surface area (Å²) in [6.07, 6.45) is 2.56. The third-order valence-corrected chi connectivity index (χ3v) is 5.59. The molecule has 0 saturated carbocycles. The molecule has 150 valence electrons. The van der Waals surface area contributed by atoms with Crippen molar-refractivity contribution in [1.82, 2.24) is 10.3 Å². The zero-order valence-electron chi connectivity index (χ0n) is 15.4. The van der Waals surface area contributed by atoms with E-state index in [-0.39, 0.29) is 23.9 Å². The van der Waals surface area contributed by atoms with Crippen molar-refractivity contribution in [2.75, 3.05) is 5.32 Å². The van der Waals surface area contributed by atoms with Gasteiger partial charge >= 0.3 is 0 Å². The fourth-order valence-corrected chi connectivity index (χ4v) is 4.25. The highest BCUT2D eigenvalue weighted by Crippen LogP contribution is 2.29. The Kier molecular flexibility index (Phi) is 6.35. The lowest BCUT2D eigenvalue weighted by atomic mass is 9.99. The first kappa shape index (κ1) is 20.3. The Morgan fingerprint density at radius 2 is 2.04 bits per heavy atom. The largest absolute Gasteiger partial charge is 0.344 e. The number of thiazole rings is 1. The van der Waals surface area contributed by atoms with Gasteiger partial charge in [0, 0.05) is 17.0 Å². The second kappa shape index (κ2) is 8.74. The van der Waals surface area contributed by atoms with E-state index >= 15 is 0 Å². The Morgan fingerprint density at radius 3 is 2.71 bits per heavy atom. The summed E-state index contributed by atoms with van der Waals surface area (Å²) in [5.41, 5.74) is 7.13. The van der Waals surface area contributed by atoms with Crippen LogP contribution in [0.1, 0.15) is 35.9 Å². The number of nitrogens with one attached hydrogen (secondary N) is 2. The topological polar surface area (TPSA) is 97.1 Å². The lowest BCUT2D eigenvalue weighted by Crippen LogP contribution is -2.44. The minimum Gasteiger partial charge on any atom is -0.344 e. The molecule has 2 amide bonds. The minimum atomic E-state index is -0.769. The molecule has 1 aliphatic carbocycles. The van der Waals surface area contributed by atoms with Gasteiger partial charge in [-0.3, -0.25) is 9.59 Å². The van der Waals surface area contributed by atoms with E-state index in [1.807, 2.05) is 0 Å². The van der Waals surface area contributed by atoms with Crippen LogP contribution < -0.4 is 16.4 Å². The average Bonchev–Trinajstić information content (AvgIpc) is 2.99. The van der Waals surface area contributed by atoms with E-state index in [9.17, 15) is 18.4 Å². The molecule has 6 nitrogen and oxygen atoms in total. The van der Waals surface area contributed by atoms with Gasteiger partial charge in [-0.2, -0.15) is 0 Å². The standard InChI is InChI=1S/C19H22F2N4O2S/c1-2-14(23-17(26)7-10-5-11(20)8-12(21)6-10)18(27)25-19-24-15-4-3-13(22)9-16(15)28-19/h5-6,8,13-14H,2-4,7,9,22H2,1H3,(H,23,26)(H,24,25,27)/t13?,14-/m0/s1. The number of aryl methyl sites for hydroxylation is 1. The molecule has 1 unspecified atom stereocenters. The summed E-state index contributed by atoms with van der Waals surface area (Å²) in [6.45, 7) is 1.76. The predicted octanol–water partition coefficient (Wildman–Crippen LogP) is 2.31. The SMILES string of the molecule is CC[C@H](NC(=O)Cc1cc(F)cc(F)c1)C(=O)Nc1nc2c(s1)CC(N)CC2. The first-order chi connectivity index (χ1) is 13.3. The van der Waals surface area contributed by atoms with Gasteiger partial charge in [0.05, 0.1) is 12.1 Å². The van der Waals surface area contributed by atoms with Crippen molar-refractivity contribution in [2.45, 2.75) is 51.1 Å². The second-order valence-electron chi connectivity index (χ2n) is 6.86. The number of nitrogens with zero attached hydrogens (tertiary/aromatic N) is 1. The maximum Gasteiger partial charge on any atom is 0.248 e. The number of hydrogen-bond donors (Lipinski definition) is 3. The zero-order valence-corrected chi connectivity index (χ0v) is 16.2. The van der Waals surface area contributed by atoms with Crippen molar-refractivity contribution < 1.29 is 18.4 Å². The molecule has 0 radical (unpaired) electrons. The average molecular weight is 408 g/mol. The van der Waals surface area contributed by atoms with E-state index in [0.717, 1.165) is 48.0 Å². The molecule has 0 aliphatic heterocycles. The van der Waals surface area contributed by atoms with E-state index in [2.05, 4.69) is 15.6 Å². The molecule has 1 aliphatic rings. The van der Waals surface area contributed by atoms with Crippen molar-refractivity contribution in [3.8, 4) is 0 Å². The molecule has 9 heteroatoms. The van der Waals surface area contributed by atoms with E-state index in [1.165, 1.54) is 11.3 Å². The number of rotatable bonds is 6. The first-order valence-electron chi connectivity index (χ1n) is 9.13. The number of anilines is 1. The van der Waals surface area contributed by atoms with Gasteiger partial charge in [0.2, 0.25) is 11.8 Å². The summed E-state index contributed by atoms with van der Waals surface area (Å²) >= 11 is 1.40. The maximum atomic E-state index is 13.2. The first-order valence-corrected chi connectivity index (χ1v) is 9.95. The number of hydrogen-bond acceptors (Lipinski definition) is 5. The van der Waals surface area contributed by atoms with Crippen LogP contribution >= 0.6 is 11.3 Å². The van der Waals surface area contributed by atoms with Gasteiger partial charge in [-0.05, 0) is 43.4 Å². The van der Waals surface area contributed by atoms with Gasteiger partial charge in [0.1, 0.15) is 17.7 Å². The van der Waals surface area contributed by atoms with Crippen LogP contribution in [-0.4, -0.2) is 28.9 Å². The van der Waals surface area contributed by atoms with Gasteiger partial charge in [-0.15, -0.1) is 11.3 Å². The van der Waals surface area contributed by atoms with E-state index in [1.54, 1.807) is 6.92 Å². The summed E-state index contributed by atoms with van der Waals surface area (Å²) in [5.74, 6) is -2.37. The highest BCUT2D eigenvalue weighted by atomic mass is 32.1. The molecular formula is C19H22F2N4O2S. The normalized spacial score (nSPS) is 16.9. The molecular weight excluding hydrogens is 386 g/mol. The fraction of sp³-hybridized carbons (Fsp3) is 0.421. The Morgan fingerprint density at radius 1 is 1.32 bits per heavy atom.